The zero-order valence-electron chi connectivity index (χ0n) is 21.6. The lowest BCUT2D eigenvalue weighted by Crippen LogP contribution is -2.59. The van der Waals surface area contributed by atoms with E-state index in [1.165, 1.54) is 36.0 Å². The summed E-state index contributed by atoms with van der Waals surface area (Å²) in [6, 6.07) is 16.6. The molecule has 1 fully saturated rings. The first kappa shape index (κ1) is 29.5. The maximum Gasteiger partial charge on any atom is 0.430 e. The Kier molecular flexibility index (Phi) is 9.49. The summed E-state index contributed by atoms with van der Waals surface area (Å²) >= 11 is 1.47. The molecule has 1 amide bonds. The third-order valence-corrected chi connectivity index (χ3v) is 8.04. The Balaban J connectivity index is 1.99. The Morgan fingerprint density at radius 1 is 1.11 bits per heavy atom. The highest BCUT2D eigenvalue weighted by atomic mass is 32.2. The fraction of sp³-hybridized carbons (Fsp3) is 0.464. The number of hydrogen-bond donors (Lipinski definition) is 0. The zero-order chi connectivity index (χ0) is 28.0. The predicted octanol–water partition coefficient (Wildman–Crippen LogP) is 5.68. The largest absolute Gasteiger partial charge is 0.466 e. The first-order valence-corrected chi connectivity index (χ1v) is 13.5. The van der Waals surface area contributed by atoms with Gasteiger partial charge in [0.05, 0.1) is 25.0 Å². The summed E-state index contributed by atoms with van der Waals surface area (Å²) in [6.45, 7) is 1.69. The average molecular weight is 549 g/mol. The van der Waals surface area contributed by atoms with Crippen LogP contribution in [0.2, 0.25) is 0 Å². The third-order valence-electron chi connectivity index (χ3n) is 7.23. The topological polar surface area (TPSA) is 79.6 Å². The highest BCUT2D eigenvalue weighted by Gasteiger charge is 2.64. The Hall–Kier alpha value is -3.03. The highest BCUT2D eigenvalue weighted by molar-refractivity contribution is 7.98. The Labute approximate surface area is 225 Å². The van der Waals surface area contributed by atoms with E-state index in [2.05, 4.69) is 6.07 Å². The summed E-state index contributed by atoms with van der Waals surface area (Å²) < 4.78 is 53.6. The standard InChI is InChI=1S/C28H31F3N2O4S/c1-4-37-24(34)18-26(22(19-32)21-12-8-9-13-23(21)38-3)14-16-33(17-15-26)25(35)27(36-2,28(29,30)31)20-10-6-5-7-11-20/h5-13,22H,4,14-18H2,1-3H3/t22?,27-/m1/s1. The number of amides is 1. The lowest BCUT2D eigenvalue weighted by atomic mass is 9.64. The number of thioether (sulfide) groups is 1. The molecular weight excluding hydrogens is 517 g/mol. The van der Waals surface area contributed by atoms with Gasteiger partial charge < -0.3 is 14.4 Å². The van der Waals surface area contributed by atoms with Crippen molar-refractivity contribution in [1.29, 1.82) is 5.26 Å². The van der Waals surface area contributed by atoms with E-state index in [-0.39, 0.29) is 44.5 Å². The van der Waals surface area contributed by atoms with Gasteiger partial charge in [0.2, 0.25) is 0 Å². The lowest BCUT2D eigenvalue weighted by molar-refractivity contribution is -0.271. The number of carbonyl (C=O) groups is 2. The molecule has 204 valence electrons. The number of piperidine rings is 1. The van der Waals surface area contributed by atoms with Gasteiger partial charge in [-0.2, -0.15) is 18.4 Å². The Bertz CT molecular complexity index is 1160. The first-order chi connectivity index (χ1) is 18.1. The van der Waals surface area contributed by atoms with E-state index in [4.69, 9.17) is 9.47 Å². The van der Waals surface area contributed by atoms with E-state index >= 15 is 0 Å². The Morgan fingerprint density at radius 2 is 1.71 bits per heavy atom. The molecule has 1 unspecified atom stereocenters. The fourth-order valence-corrected chi connectivity index (χ4v) is 5.92. The number of carbonyl (C=O) groups excluding carboxylic acids is 2. The number of ether oxygens (including phenoxy) is 2. The van der Waals surface area contributed by atoms with Crippen LogP contribution in [-0.2, 0) is 24.7 Å². The van der Waals surface area contributed by atoms with E-state index < -0.39 is 35.0 Å². The number of likely N-dealkylation sites (tertiary alicyclic amines) is 1. The molecule has 1 aliphatic heterocycles. The summed E-state index contributed by atoms with van der Waals surface area (Å²) in [5.74, 6) is -2.43. The van der Waals surface area contributed by atoms with Crippen LogP contribution in [-0.4, -0.2) is 56.0 Å². The van der Waals surface area contributed by atoms with Crippen LogP contribution in [0.3, 0.4) is 0 Å². The second-order valence-electron chi connectivity index (χ2n) is 9.19. The maximum absolute atomic E-state index is 14.5. The first-order valence-electron chi connectivity index (χ1n) is 12.2. The minimum Gasteiger partial charge on any atom is -0.466 e. The van der Waals surface area contributed by atoms with E-state index in [0.29, 0.717) is 0 Å². The van der Waals surface area contributed by atoms with Crippen molar-refractivity contribution in [3.8, 4) is 6.07 Å². The molecule has 0 N–H and O–H groups in total. The van der Waals surface area contributed by atoms with Gasteiger partial charge in [0.15, 0.2) is 0 Å². The maximum atomic E-state index is 14.5. The van der Waals surface area contributed by atoms with Crippen molar-refractivity contribution in [3.63, 3.8) is 0 Å². The number of alkyl halides is 3. The molecule has 0 aromatic heterocycles. The van der Waals surface area contributed by atoms with Gasteiger partial charge in [0.25, 0.3) is 11.5 Å². The minimum atomic E-state index is -5.02. The molecule has 1 aliphatic rings. The molecule has 3 rings (SSSR count). The second-order valence-corrected chi connectivity index (χ2v) is 10.0. The number of rotatable bonds is 9. The molecule has 1 saturated heterocycles. The monoisotopic (exact) mass is 548 g/mol. The second kappa shape index (κ2) is 12.2. The van der Waals surface area contributed by atoms with Gasteiger partial charge in [-0.05, 0) is 37.7 Å². The van der Waals surface area contributed by atoms with Crippen molar-refractivity contribution in [3.05, 3.63) is 65.7 Å². The number of methoxy groups -OCH3 is 1. The molecule has 0 radical (unpaired) electrons. The molecule has 2 atom stereocenters. The van der Waals surface area contributed by atoms with E-state index in [9.17, 15) is 28.0 Å². The quantitative estimate of drug-likeness (QED) is 0.296. The molecule has 38 heavy (non-hydrogen) atoms. The highest BCUT2D eigenvalue weighted by Crippen LogP contribution is 2.50. The third kappa shape index (κ3) is 5.54. The molecule has 0 saturated carbocycles. The molecule has 2 aromatic carbocycles. The van der Waals surface area contributed by atoms with Crippen LogP contribution in [0.1, 0.15) is 43.2 Å². The van der Waals surface area contributed by atoms with Crippen molar-refractivity contribution in [2.24, 2.45) is 5.41 Å². The number of hydrogen-bond acceptors (Lipinski definition) is 6. The number of halogens is 3. The number of benzene rings is 2. The van der Waals surface area contributed by atoms with Crippen LogP contribution in [0.5, 0.6) is 0 Å². The van der Waals surface area contributed by atoms with Gasteiger partial charge in [-0.1, -0.05) is 48.5 Å². The molecule has 0 aliphatic carbocycles. The zero-order valence-corrected chi connectivity index (χ0v) is 22.4. The van der Waals surface area contributed by atoms with Gasteiger partial charge >= 0.3 is 12.1 Å². The van der Waals surface area contributed by atoms with Crippen molar-refractivity contribution in [1.82, 2.24) is 4.90 Å². The molecule has 1 heterocycles. The summed E-state index contributed by atoms with van der Waals surface area (Å²) in [5.41, 5.74) is -3.66. The molecule has 0 bridgehead atoms. The van der Waals surface area contributed by atoms with Crippen LogP contribution in [0.25, 0.3) is 0 Å². The van der Waals surface area contributed by atoms with Gasteiger partial charge in [0.1, 0.15) is 0 Å². The summed E-state index contributed by atoms with van der Waals surface area (Å²) in [6.07, 6.45) is -2.93. The molecule has 10 heteroatoms. The number of nitrogens with zero attached hydrogens (tertiary/aromatic N) is 2. The SMILES string of the molecule is CCOC(=O)CC1(C(C#N)c2ccccc2SC)CCN(C(=O)[C@](OC)(c2ccccc2)C(F)(F)F)CC1. The molecule has 0 spiro atoms. The minimum absolute atomic E-state index is 0.0775. The van der Waals surface area contributed by atoms with Crippen molar-refractivity contribution >= 4 is 23.6 Å². The van der Waals surface area contributed by atoms with E-state index in [1.807, 2.05) is 30.5 Å². The van der Waals surface area contributed by atoms with Gasteiger partial charge in [0, 0.05) is 36.1 Å². The summed E-state index contributed by atoms with van der Waals surface area (Å²) in [5, 5.41) is 10.3. The van der Waals surface area contributed by atoms with Crippen molar-refractivity contribution in [2.75, 3.05) is 33.1 Å². The van der Waals surface area contributed by atoms with Gasteiger partial charge in [-0.3, -0.25) is 9.59 Å². The molecular formula is C28H31F3N2O4S. The predicted molar refractivity (Wildman–Crippen MR) is 137 cm³/mol. The molecule has 6 nitrogen and oxygen atoms in total. The summed E-state index contributed by atoms with van der Waals surface area (Å²) in [7, 11) is 0.873. The van der Waals surface area contributed by atoms with Crippen LogP contribution < -0.4 is 0 Å². The van der Waals surface area contributed by atoms with Crippen LogP contribution in [0.15, 0.2) is 59.5 Å². The van der Waals surface area contributed by atoms with Crippen LogP contribution in [0, 0.1) is 16.7 Å². The van der Waals surface area contributed by atoms with Crippen molar-refractivity contribution < 1.29 is 32.2 Å². The number of nitriles is 1. The van der Waals surface area contributed by atoms with Crippen molar-refractivity contribution in [2.45, 2.75) is 48.8 Å². The summed E-state index contributed by atoms with van der Waals surface area (Å²) in [4.78, 5) is 28.2. The van der Waals surface area contributed by atoms with E-state index in [1.54, 1.807) is 13.0 Å². The normalized spacial score (nSPS) is 17.7. The van der Waals surface area contributed by atoms with Gasteiger partial charge in [-0.25, -0.2) is 0 Å². The average Bonchev–Trinajstić information content (AvgIpc) is 2.90. The van der Waals surface area contributed by atoms with Crippen LogP contribution in [0.4, 0.5) is 13.2 Å². The van der Waals surface area contributed by atoms with E-state index in [0.717, 1.165) is 22.5 Å². The molecule has 2 aromatic rings. The van der Waals surface area contributed by atoms with Crippen LogP contribution >= 0.6 is 11.8 Å². The van der Waals surface area contributed by atoms with Gasteiger partial charge in [-0.15, -0.1) is 11.8 Å². The smallest absolute Gasteiger partial charge is 0.430 e. The fourth-order valence-electron chi connectivity index (χ4n) is 5.29. The lowest BCUT2D eigenvalue weighted by Gasteiger charge is -2.46. The Morgan fingerprint density at radius 3 is 2.24 bits per heavy atom. The number of esters is 1.